The minimum Gasteiger partial charge on any atom is -0.385 e. The highest BCUT2D eigenvalue weighted by Crippen LogP contribution is 2.18. The Morgan fingerprint density at radius 1 is 1.27 bits per heavy atom. The summed E-state index contributed by atoms with van der Waals surface area (Å²) in [5, 5.41) is 0. The lowest BCUT2D eigenvalue weighted by Gasteiger charge is -2.13. The summed E-state index contributed by atoms with van der Waals surface area (Å²) in [5.74, 6) is 0. The summed E-state index contributed by atoms with van der Waals surface area (Å²) in [6.07, 6.45) is 2.00. The van der Waals surface area contributed by atoms with Crippen LogP contribution in [0.1, 0.15) is 35.6 Å². The number of nitrogens with two attached hydrogens (primary N) is 1. The van der Waals surface area contributed by atoms with Gasteiger partial charge in [0, 0.05) is 19.8 Å². The Kier molecular flexibility index (Phi) is 4.79. The largest absolute Gasteiger partial charge is 0.385 e. The van der Waals surface area contributed by atoms with Gasteiger partial charge in [-0.3, -0.25) is 0 Å². The highest BCUT2D eigenvalue weighted by molar-refractivity contribution is 5.31. The van der Waals surface area contributed by atoms with Crippen molar-refractivity contribution in [3.63, 3.8) is 0 Å². The molecule has 1 unspecified atom stereocenters. The van der Waals surface area contributed by atoms with E-state index in [1.165, 1.54) is 16.7 Å². The average Bonchev–Trinajstić information content (AvgIpc) is 2.22. The maximum atomic E-state index is 6.10. The first-order valence-electron chi connectivity index (χ1n) is 5.47. The number of rotatable bonds is 5. The van der Waals surface area contributed by atoms with Crippen molar-refractivity contribution in [1.29, 1.82) is 0 Å². The van der Waals surface area contributed by atoms with Gasteiger partial charge in [0.1, 0.15) is 0 Å². The predicted octanol–water partition coefficient (Wildman–Crippen LogP) is 2.73. The van der Waals surface area contributed by atoms with Crippen LogP contribution in [0, 0.1) is 13.8 Å². The number of aryl methyl sites for hydroxylation is 2. The molecular formula is C13H21NO. The first-order valence-corrected chi connectivity index (χ1v) is 5.47. The molecule has 0 amide bonds. The van der Waals surface area contributed by atoms with E-state index in [1.54, 1.807) is 7.11 Å². The molecule has 1 atom stereocenters. The van der Waals surface area contributed by atoms with Crippen LogP contribution in [0.4, 0.5) is 0 Å². The van der Waals surface area contributed by atoms with Crippen molar-refractivity contribution in [3.05, 3.63) is 34.9 Å². The minimum atomic E-state index is 0.138. The number of benzene rings is 1. The molecule has 0 aliphatic carbocycles. The molecule has 1 aromatic rings. The normalized spacial score (nSPS) is 12.8. The van der Waals surface area contributed by atoms with Crippen LogP contribution in [-0.4, -0.2) is 13.7 Å². The molecule has 0 saturated carbocycles. The van der Waals surface area contributed by atoms with E-state index in [0.29, 0.717) is 0 Å². The Hall–Kier alpha value is -0.860. The zero-order chi connectivity index (χ0) is 11.3. The van der Waals surface area contributed by atoms with Gasteiger partial charge in [-0.15, -0.1) is 0 Å². The van der Waals surface area contributed by atoms with Crippen LogP contribution in [0.3, 0.4) is 0 Å². The third-order valence-electron chi connectivity index (χ3n) is 2.82. The van der Waals surface area contributed by atoms with Crippen molar-refractivity contribution in [3.8, 4) is 0 Å². The second-order valence-corrected chi connectivity index (χ2v) is 4.09. The van der Waals surface area contributed by atoms with Crippen LogP contribution >= 0.6 is 0 Å². The molecule has 0 aliphatic rings. The highest BCUT2D eigenvalue weighted by atomic mass is 16.5. The quantitative estimate of drug-likeness (QED) is 0.753. The van der Waals surface area contributed by atoms with E-state index < -0.39 is 0 Å². The van der Waals surface area contributed by atoms with E-state index in [2.05, 4.69) is 32.0 Å². The Labute approximate surface area is 92.4 Å². The standard InChI is InChI=1S/C13H21NO/c1-10-6-7-12(9-11(10)2)13(14)5-4-8-15-3/h6-7,9,13H,4-5,8,14H2,1-3H3. The van der Waals surface area contributed by atoms with Crippen LogP contribution in [0.2, 0.25) is 0 Å². The lowest BCUT2D eigenvalue weighted by molar-refractivity contribution is 0.190. The minimum absolute atomic E-state index is 0.138. The predicted molar refractivity (Wildman–Crippen MR) is 64.0 cm³/mol. The van der Waals surface area contributed by atoms with E-state index in [-0.39, 0.29) is 6.04 Å². The van der Waals surface area contributed by atoms with Crippen molar-refractivity contribution in [2.45, 2.75) is 32.7 Å². The summed E-state index contributed by atoms with van der Waals surface area (Å²) in [7, 11) is 1.72. The Balaban J connectivity index is 2.57. The molecule has 0 heterocycles. The molecule has 0 aliphatic heterocycles. The Morgan fingerprint density at radius 2 is 2.00 bits per heavy atom. The molecule has 1 aromatic carbocycles. The molecule has 2 nitrogen and oxygen atoms in total. The van der Waals surface area contributed by atoms with Gasteiger partial charge in [-0.05, 0) is 43.4 Å². The molecule has 1 rings (SSSR count). The fraction of sp³-hybridized carbons (Fsp3) is 0.538. The third kappa shape index (κ3) is 3.65. The number of hydrogen-bond acceptors (Lipinski definition) is 2. The topological polar surface area (TPSA) is 35.2 Å². The van der Waals surface area contributed by atoms with Crippen LogP contribution in [0.25, 0.3) is 0 Å². The van der Waals surface area contributed by atoms with E-state index in [4.69, 9.17) is 10.5 Å². The molecule has 84 valence electrons. The first-order chi connectivity index (χ1) is 7.15. The van der Waals surface area contributed by atoms with Gasteiger partial charge < -0.3 is 10.5 Å². The van der Waals surface area contributed by atoms with Gasteiger partial charge in [0.25, 0.3) is 0 Å². The van der Waals surface area contributed by atoms with Crippen LogP contribution in [0.15, 0.2) is 18.2 Å². The van der Waals surface area contributed by atoms with E-state index in [1.807, 2.05) is 0 Å². The van der Waals surface area contributed by atoms with Crippen molar-refractivity contribution < 1.29 is 4.74 Å². The molecule has 0 saturated heterocycles. The fourth-order valence-corrected chi connectivity index (χ4v) is 1.61. The van der Waals surface area contributed by atoms with Crippen molar-refractivity contribution >= 4 is 0 Å². The van der Waals surface area contributed by atoms with Crippen molar-refractivity contribution in [2.75, 3.05) is 13.7 Å². The van der Waals surface area contributed by atoms with Crippen LogP contribution < -0.4 is 5.73 Å². The van der Waals surface area contributed by atoms with E-state index in [9.17, 15) is 0 Å². The van der Waals surface area contributed by atoms with Crippen molar-refractivity contribution in [1.82, 2.24) is 0 Å². The fourth-order valence-electron chi connectivity index (χ4n) is 1.61. The summed E-state index contributed by atoms with van der Waals surface area (Å²) in [6, 6.07) is 6.59. The maximum Gasteiger partial charge on any atom is 0.0462 e. The smallest absolute Gasteiger partial charge is 0.0462 e. The molecule has 2 heteroatoms. The monoisotopic (exact) mass is 207 g/mol. The summed E-state index contributed by atoms with van der Waals surface area (Å²) in [4.78, 5) is 0. The van der Waals surface area contributed by atoms with E-state index >= 15 is 0 Å². The summed E-state index contributed by atoms with van der Waals surface area (Å²) >= 11 is 0. The first kappa shape index (κ1) is 12.2. The zero-order valence-corrected chi connectivity index (χ0v) is 9.92. The molecule has 0 spiro atoms. The maximum absolute atomic E-state index is 6.10. The summed E-state index contributed by atoms with van der Waals surface area (Å²) in [5.41, 5.74) is 9.97. The van der Waals surface area contributed by atoms with Gasteiger partial charge in [0.2, 0.25) is 0 Å². The molecule has 15 heavy (non-hydrogen) atoms. The van der Waals surface area contributed by atoms with Gasteiger partial charge >= 0.3 is 0 Å². The number of ether oxygens (including phenoxy) is 1. The zero-order valence-electron chi connectivity index (χ0n) is 9.92. The third-order valence-corrected chi connectivity index (χ3v) is 2.82. The van der Waals surface area contributed by atoms with Gasteiger partial charge in [-0.25, -0.2) is 0 Å². The SMILES string of the molecule is COCCCC(N)c1ccc(C)c(C)c1. The lowest BCUT2D eigenvalue weighted by Crippen LogP contribution is -2.11. The number of hydrogen-bond donors (Lipinski definition) is 1. The van der Waals surface area contributed by atoms with Crippen molar-refractivity contribution in [2.24, 2.45) is 5.73 Å². The van der Waals surface area contributed by atoms with Crippen LogP contribution in [-0.2, 0) is 4.74 Å². The Morgan fingerprint density at radius 3 is 2.60 bits per heavy atom. The molecule has 0 aromatic heterocycles. The molecule has 0 radical (unpaired) electrons. The van der Waals surface area contributed by atoms with Gasteiger partial charge in [0.15, 0.2) is 0 Å². The highest BCUT2D eigenvalue weighted by Gasteiger charge is 2.06. The van der Waals surface area contributed by atoms with Gasteiger partial charge in [-0.2, -0.15) is 0 Å². The van der Waals surface area contributed by atoms with Gasteiger partial charge in [-0.1, -0.05) is 18.2 Å². The van der Waals surface area contributed by atoms with E-state index in [0.717, 1.165) is 19.4 Å². The summed E-state index contributed by atoms with van der Waals surface area (Å²) < 4.78 is 5.02. The molecule has 2 N–H and O–H groups in total. The Bertz CT molecular complexity index is 309. The second-order valence-electron chi connectivity index (χ2n) is 4.09. The van der Waals surface area contributed by atoms with Crippen LogP contribution in [0.5, 0.6) is 0 Å². The number of methoxy groups -OCH3 is 1. The average molecular weight is 207 g/mol. The molecule has 0 fully saturated rings. The lowest BCUT2D eigenvalue weighted by atomic mass is 9.99. The molecule has 0 bridgehead atoms. The summed E-state index contributed by atoms with van der Waals surface area (Å²) in [6.45, 7) is 5.04. The van der Waals surface area contributed by atoms with Gasteiger partial charge in [0.05, 0.1) is 0 Å². The molecular weight excluding hydrogens is 186 g/mol. The second kappa shape index (κ2) is 5.89.